The monoisotopic (exact) mass is 325 g/mol. The van der Waals surface area contributed by atoms with Gasteiger partial charge in [0.25, 0.3) is 10.2 Å². The summed E-state index contributed by atoms with van der Waals surface area (Å²) >= 11 is 0. The molecular formula is C13H31N3O4S. The predicted octanol–water partition coefficient (Wildman–Crippen LogP) is 0.148. The molecule has 0 rings (SSSR count). The van der Waals surface area contributed by atoms with Crippen LogP contribution in [0.4, 0.5) is 0 Å². The van der Waals surface area contributed by atoms with Crippen LogP contribution in [0.2, 0.25) is 0 Å². The highest BCUT2D eigenvalue weighted by Crippen LogP contribution is 2.07. The van der Waals surface area contributed by atoms with E-state index in [-0.39, 0.29) is 0 Å². The first-order valence-electron chi connectivity index (χ1n) is 7.52. The first kappa shape index (κ1) is 20.8. The summed E-state index contributed by atoms with van der Waals surface area (Å²) in [5.41, 5.74) is 0. The Balaban J connectivity index is 4.57. The lowest BCUT2D eigenvalue weighted by Crippen LogP contribution is -2.45. The average molecular weight is 325 g/mol. The predicted molar refractivity (Wildman–Crippen MR) is 84.7 cm³/mol. The number of ether oxygens (including phenoxy) is 2. The molecule has 0 saturated carbocycles. The molecule has 7 nitrogen and oxygen atoms in total. The van der Waals surface area contributed by atoms with Gasteiger partial charge in [-0.2, -0.15) is 17.0 Å². The lowest BCUT2D eigenvalue weighted by atomic mass is 10.4. The average Bonchev–Trinajstić information content (AvgIpc) is 2.46. The molecule has 0 bridgehead atoms. The van der Waals surface area contributed by atoms with Gasteiger partial charge in [-0.25, -0.2) is 0 Å². The summed E-state index contributed by atoms with van der Waals surface area (Å²) in [7, 11) is -0.000945. The molecule has 0 aliphatic carbocycles. The molecule has 0 aromatic rings. The highest BCUT2D eigenvalue weighted by Gasteiger charge is 2.26. The first-order chi connectivity index (χ1) is 10.0. The van der Waals surface area contributed by atoms with Crippen molar-refractivity contribution < 1.29 is 17.9 Å². The van der Waals surface area contributed by atoms with Crippen LogP contribution in [0.5, 0.6) is 0 Å². The van der Waals surface area contributed by atoms with Crippen LogP contribution in [-0.2, 0) is 19.7 Å². The van der Waals surface area contributed by atoms with Gasteiger partial charge in [0.2, 0.25) is 0 Å². The van der Waals surface area contributed by atoms with Crippen molar-refractivity contribution in [3.63, 3.8) is 0 Å². The molecule has 1 N–H and O–H groups in total. The Morgan fingerprint density at radius 3 is 1.95 bits per heavy atom. The smallest absolute Gasteiger partial charge is 0.281 e. The van der Waals surface area contributed by atoms with Crippen LogP contribution in [0, 0.1) is 0 Å². The molecule has 0 spiro atoms. The van der Waals surface area contributed by atoms with Crippen molar-refractivity contribution >= 4 is 10.2 Å². The standard InChI is InChI=1S/C13H31N3O4S/c1-5-19-12-10-16(11-13-20-6-2)21(17,18)15(4)9-7-8-14-3/h14H,5-13H2,1-4H3. The number of hydrogen-bond donors (Lipinski definition) is 1. The molecule has 8 heteroatoms. The fraction of sp³-hybridized carbons (Fsp3) is 1.00. The number of nitrogens with zero attached hydrogens (tertiary/aromatic N) is 2. The maximum atomic E-state index is 12.5. The van der Waals surface area contributed by atoms with Gasteiger partial charge in [-0.3, -0.25) is 0 Å². The molecule has 0 atom stereocenters. The highest BCUT2D eigenvalue weighted by atomic mass is 32.2. The lowest BCUT2D eigenvalue weighted by Gasteiger charge is -2.27. The quantitative estimate of drug-likeness (QED) is 0.460. The Labute approximate surface area is 129 Å². The van der Waals surface area contributed by atoms with E-state index in [9.17, 15) is 8.42 Å². The Morgan fingerprint density at radius 2 is 1.52 bits per heavy atom. The summed E-state index contributed by atoms with van der Waals surface area (Å²) < 4.78 is 38.4. The van der Waals surface area contributed by atoms with Crippen molar-refractivity contribution in [2.75, 3.05) is 66.7 Å². The van der Waals surface area contributed by atoms with Gasteiger partial charge < -0.3 is 14.8 Å². The summed E-state index contributed by atoms with van der Waals surface area (Å²) in [6, 6.07) is 0. The molecule has 0 aliphatic heterocycles. The van der Waals surface area contributed by atoms with Crippen LogP contribution in [0.15, 0.2) is 0 Å². The number of hydrogen-bond acceptors (Lipinski definition) is 5. The fourth-order valence-corrected chi connectivity index (χ4v) is 3.12. The largest absolute Gasteiger partial charge is 0.380 e. The maximum Gasteiger partial charge on any atom is 0.281 e. The molecule has 0 aromatic carbocycles. The molecule has 0 aliphatic rings. The molecule has 0 amide bonds. The first-order valence-corrected chi connectivity index (χ1v) is 8.91. The minimum absolute atomic E-state index is 0.347. The summed E-state index contributed by atoms with van der Waals surface area (Å²) in [6.07, 6.45) is 0.775. The molecule has 128 valence electrons. The molecule has 0 aromatic heterocycles. The van der Waals surface area contributed by atoms with E-state index in [0.717, 1.165) is 13.0 Å². The van der Waals surface area contributed by atoms with E-state index >= 15 is 0 Å². The van der Waals surface area contributed by atoms with E-state index in [0.29, 0.717) is 46.1 Å². The Morgan fingerprint density at radius 1 is 1.00 bits per heavy atom. The van der Waals surface area contributed by atoms with E-state index in [4.69, 9.17) is 9.47 Å². The zero-order valence-corrected chi connectivity index (χ0v) is 14.6. The Hall–Kier alpha value is -0.250. The molecule has 0 saturated heterocycles. The second kappa shape index (κ2) is 12.3. The van der Waals surface area contributed by atoms with Crippen LogP contribution in [-0.4, -0.2) is 83.7 Å². The van der Waals surface area contributed by atoms with Gasteiger partial charge in [0.05, 0.1) is 13.2 Å². The van der Waals surface area contributed by atoms with Crippen LogP contribution >= 0.6 is 0 Å². The normalized spacial score (nSPS) is 12.5. The summed E-state index contributed by atoms with van der Waals surface area (Å²) in [5, 5.41) is 3.01. The van der Waals surface area contributed by atoms with Crippen LogP contribution in [0.1, 0.15) is 20.3 Å². The second-order valence-corrected chi connectivity index (χ2v) is 6.61. The Kier molecular flexibility index (Phi) is 12.2. The van der Waals surface area contributed by atoms with E-state index in [2.05, 4.69) is 5.32 Å². The van der Waals surface area contributed by atoms with Crippen molar-refractivity contribution in [1.29, 1.82) is 0 Å². The minimum Gasteiger partial charge on any atom is -0.380 e. The third kappa shape index (κ3) is 8.70. The van der Waals surface area contributed by atoms with E-state index in [1.807, 2.05) is 20.9 Å². The summed E-state index contributed by atoms with van der Waals surface area (Å²) in [6.45, 7) is 7.71. The molecule has 0 radical (unpaired) electrons. The maximum absolute atomic E-state index is 12.5. The van der Waals surface area contributed by atoms with E-state index in [1.165, 1.54) is 8.61 Å². The van der Waals surface area contributed by atoms with Gasteiger partial charge >= 0.3 is 0 Å². The minimum atomic E-state index is -3.46. The number of nitrogens with one attached hydrogen (secondary N) is 1. The van der Waals surface area contributed by atoms with Gasteiger partial charge in [-0.05, 0) is 33.9 Å². The van der Waals surface area contributed by atoms with Crippen molar-refractivity contribution in [3.8, 4) is 0 Å². The van der Waals surface area contributed by atoms with Gasteiger partial charge in [0.15, 0.2) is 0 Å². The molecule has 0 unspecified atom stereocenters. The molecule has 21 heavy (non-hydrogen) atoms. The van der Waals surface area contributed by atoms with E-state index < -0.39 is 10.2 Å². The zero-order chi connectivity index (χ0) is 16.1. The number of rotatable bonds is 14. The third-order valence-electron chi connectivity index (χ3n) is 3.00. The lowest BCUT2D eigenvalue weighted by molar-refractivity contribution is 0.108. The SMILES string of the molecule is CCOCCN(CCOCC)S(=O)(=O)N(C)CCCNC. The second-order valence-electron chi connectivity index (χ2n) is 4.58. The summed E-state index contributed by atoms with van der Waals surface area (Å²) in [5.74, 6) is 0. The molecular weight excluding hydrogens is 294 g/mol. The molecule has 0 fully saturated rings. The van der Waals surface area contributed by atoms with Crippen LogP contribution in [0.25, 0.3) is 0 Å². The topological polar surface area (TPSA) is 71.1 Å². The molecule has 0 heterocycles. The fourth-order valence-electron chi connectivity index (χ4n) is 1.75. The Bertz CT molecular complexity index is 328. The highest BCUT2D eigenvalue weighted by molar-refractivity contribution is 7.86. The third-order valence-corrected chi connectivity index (χ3v) is 4.99. The van der Waals surface area contributed by atoms with Crippen molar-refractivity contribution in [1.82, 2.24) is 13.9 Å². The van der Waals surface area contributed by atoms with Gasteiger partial charge in [0.1, 0.15) is 0 Å². The summed E-state index contributed by atoms with van der Waals surface area (Å²) in [4.78, 5) is 0. The van der Waals surface area contributed by atoms with E-state index in [1.54, 1.807) is 7.05 Å². The van der Waals surface area contributed by atoms with Crippen LogP contribution in [0.3, 0.4) is 0 Å². The zero-order valence-electron chi connectivity index (χ0n) is 13.8. The van der Waals surface area contributed by atoms with Crippen molar-refractivity contribution in [2.24, 2.45) is 0 Å². The van der Waals surface area contributed by atoms with Gasteiger partial charge in [-0.15, -0.1) is 0 Å². The van der Waals surface area contributed by atoms with Crippen molar-refractivity contribution in [2.45, 2.75) is 20.3 Å². The van der Waals surface area contributed by atoms with Crippen molar-refractivity contribution in [3.05, 3.63) is 0 Å². The van der Waals surface area contributed by atoms with Gasteiger partial charge in [-0.1, -0.05) is 0 Å². The van der Waals surface area contributed by atoms with Gasteiger partial charge in [0, 0.05) is 39.9 Å². The van der Waals surface area contributed by atoms with Crippen LogP contribution < -0.4 is 5.32 Å².